The molecule has 1 aromatic rings. The lowest BCUT2D eigenvalue weighted by Crippen LogP contribution is -2.19. The fourth-order valence-electron chi connectivity index (χ4n) is 2.29. The van der Waals surface area contributed by atoms with Crippen LogP contribution in [0.1, 0.15) is 31.2 Å². The molecule has 0 heterocycles. The van der Waals surface area contributed by atoms with E-state index in [1.165, 1.54) is 0 Å². The van der Waals surface area contributed by atoms with Gasteiger partial charge in [0.2, 0.25) is 0 Å². The van der Waals surface area contributed by atoms with Crippen molar-refractivity contribution >= 4 is 23.2 Å². The first kappa shape index (κ1) is 10.8. The third kappa shape index (κ3) is 1.73. The molecule has 0 amide bonds. The maximum absolute atomic E-state index is 9.33. The fraction of sp³-hybridized carbons (Fsp3) is 0.417. The normalized spacial score (nSPS) is 18.7. The highest BCUT2D eigenvalue weighted by Gasteiger charge is 2.37. The van der Waals surface area contributed by atoms with Gasteiger partial charge in [0, 0.05) is 0 Å². The van der Waals surface area contributed by atoms with E-state index in [-0.39, 0.29) is 0 Å². The van der Waals surface area contributed by atoms with E-state index in [0.717, 1.165) is 31.2 Å². The van der Waals surface area contributed by atoms with Crippen molar-refractivity contribution in [1.29, 1.82) is 5.26 Å². The minimum absolute atomic E-state index is 0.401. The minimum atomic E-state index is -0.401. The van der Waals surface area contributed by atoms with Crippen molar-refractivity contribution in [2.24, 2.45) is 0 Å². The molecule has 0 bridgehead atoms. The van der Waals surface area contributed by atoms with Crippen LogP contribution in [0.15, 0.2) is 18.2 Å². The quantitative estimate of drug-likeness (QED) is 0.716. The number of nitriles is 1. The van der Waals surface area contributed by atoms with E-state index in [0.29, 0.717) is 10.0 Å². The van der Waals surface area contributed by atoms with Gasteiger partial charge in [0.05, 0.1) is 21.5 Å². The van der Waals surface area contributed by atoms with Gasteiger partial charge in [0.1, 0.15) is 0 Å². The Morgan fingerprint density at radius 2 is 1.87 bits per heavy atom. The van der Waals surface area contributed by atoms with Gasteiger partial charge < -0.3 is 0 Å². The highest BCUT2D eigenvalue weighted by atomic mass is 35.5. The van der Waals surface area contributed by atoms with E-state index in [1.54, 1.807) is 6.07 Å². The maximum Gasteiger partial charge on any atom is 0.0837 e. The van der Waals surface area contributed by atoms with Crippen LogP contribution in [0.25, 0.3) is 0 Å². The molecule has 1 fully saturated rings. The minimum Gasteiger partial charge on any atom is -0.197 e. The molecule has 1 saturated carbocycles. The van der Waals surface area contributed by atoms with E-state index in [2.05, 4.69) is 6.07 Å². The third-order valence-electron chi connectivity index (χ3n) is 3.14. The summed E-state index contributed by atoms with van der Waals surface area (Å²) in [6.07, 6.45) is 3.97. The monoisotopic (exact) mass is 239 g/mol. The molecule has 0 aliphatic heterocycles. The zero-order valence-corrected chi connectivity index (χ0v) is 9.78. The van der Waals surface area contributed by atoms with E-state index < -0.39 is 5.41 Å². The van der Waals surface area contributed by atoms with Crippen LogP contribution in [-0.2, 0) is 5.41 Å². The molecule has 0 unspecified atom stereocenters. The van der Waals surface area contributed by atoms with Gasteiger partial charge in [-0.15, -0.1) is 0 Å². The summed E-state index contributed by atoms with van der Waals surface area (Å²) in [5.41, 5.74) is 0.499. The Kier molecular flexibility index (Phi) is 2.91. The number of hydrogen-bond acceptors (Lipinski definition) is 1. The molecule has 2 rings (SSSR count). The first-order valence-electron chi connectivity index (χ1n) is 5.05. The smallest absolute Gasteiger partial charge is 0.0837 e. The highest BCUT2D eigenvalue weighted by molar-refractivity contribution is 6.42. The van der Waals surface area contributed by atoms with E-state index >= 15 is 0 Å². The third-order valence-corrected chi connectivity index (χ3v) is 3.96. The summed E-state index contributed by atoms with van der Waals surface area (Å²) < 4.78 is 0. The Bertz CT molecular complexity index is 414. The molecule has 1 aromatic carbocycles. The zero-order valence-electron chi connectivity index (χ0n) is 8.26. The van der Waals surface area contributed by atoms with Crippen LogP contribution in [0.5, 0.6) is 0 Å². The predicted molar refractivity (Wildman–Crippen MR) is 62.2 cm³/mol. The highest BCUT2D eigenvalue weighted by Crippen LogP contribution is 2.44. The molecule has 1 nitrogen and oxygen atoms in total. The Hall–Kier alpha value is -0.710. The van der Waals surface area contributed by atoms with Crippen LogP contribution in [0.4, 0.5) is 0 Å². The lowest BCUT2D eigenvalue weighted by molar-refractivity contribution is 0.573. The number of hydrogen-bond donors (Lipinski definition) is 0. The van der Waals surface area contributed by atoms with Crippen molar-refractivity contribution < 1.29 is 0 Å². The molecule has 0 spiro atoms. The Labute approximate surface area is 99.6 Å². The van der Waals surface area contributed by atoms with Gasteiger partial charge in [-0.05, 0) is 24.5 Å². The lowest BCUT2D eigenvalue weighted by atomic mass is 9.80. The summed E-state index contributed by atoms with van der Waals surface area (Å²) in [6.45, 7) is 0. The van der Waals surface area contributed by atoms with E-state index in [4.69, 9.17) is 23.2 Å². The molecular formula is C12H11Cl2N. The number of rotatable bonds is 1. The van der Waals surface area contributed by atoms with Crippen LogP contribution in [0.3, 0.4) is 0 Å². The Morgan fingerprint density at radius 1 is 1.20 bits per heavy atom. The Morgan fingerprint density at radius 3 is 2.47 bits per heavy atom. The van der Waals surface area contributed by atoms with Crippen LogP contribution in [0.2, 0.25) is 10.0 Å². The average Bonchev–Trinajstić information content (AvgIpc) is 2.72. The van der Waals surface area contributed by atoms with Crippen molar-refractivity contribution in [2.45, 2.75) is 31.1 Å². The maximum atomic E-state index is 9.33. The standard InChI is InChI=1S/C12H11Cl2N/c13-10-5-3-4-9(11(10)14)12(8-15)6-1-2-7-12/h3-5H,1-2,6-7H2. The first-order valence-corrected chi connectivity index (χ1v) is 5.81. The summed E-state index contributed by atoms with van der Waals surface area (Å²) in [4.78, 5) is 0. The van der Waals surface area contributed by atoms with Gasteiger partial charge in [-0.3, -0.25) is 0 Å². The topological polar surface area (TPSA) is 23.8 Å². The predicted octanol–water partition coefficient (Wildman–Crippen LogP) is 4.33. The molecule has 1 aliphatic rings. The SMILES string of the molecule is N#CC1(c2cccc(Cl)c2Cl)CCCC1. The summed E-state index contributed by atoms with van der Waals surface area (Å²) in [6, 6.07) is 7.96. The number of nitrogens with zero attached hydrogens (tertiary/aromatic N) is 1. The lowest BCUT2D eigenvalue weighted by Gasteiger charge is -2.22. The Balaban J connectivity index is 2.53. The molecule has 15 heavy (non-hydrogen) atoms. The van der Waals surface area contributed by atoms with Crippen molar-refractivity contribution in [3.05, 3.63) is 33.8 Å². The van der Waals surface area contributed by atoms with Crippen molar-refractivity contribution in [2.75, 3.05) is 0 Å². The molecule has 3 heteroatoms. The van der Waals surface area contributed by atoms with Crippen LogP contribution >= 0.6 is 23.2 Å². The largest absolute Gasteiger partial charge is 0.197 e. The van der Waals surface area contributed by atoms with Crippen LogP contribution in [0, 0.1) is 11.3 Å². The van der Waals surface area contributed by atoms with Crippen molar-refractivity contribution in [1.82, 2.24) is 0 Å². The molecule has 1 aliphatic carbocycles. The summed E-state index contributed by atoms with van der Waals surface area (Å²) in [7, 11) is 0. The summed E-state index contributed by atoms with van der Waals surface area (Å²) >= 11 is 12.1. The van der Waals surface area contributed by atoms with Gasteiger partial charge in [-0.25, -0.2) is 0 Å². The number of halogens is 2. The summed E-state index contributed by atoms with van der Waals surface area (Å²) in [5, 5.41) is 10.4. The average molecular weight is 240 g/mol. The second-order valence-electron chi connectivity index (χ2n) is 4.00. The summed E-state index contributed by atoms with van der Waals surface area (Å²) in [5.74, 6) is 0. The molecular weight excluding hydrogens is 229 g/mol. The van der Waals surface area contributed by atoms with Crippen LogP contribution in [-0.4, -0.2) is 0 Å². The van der Waals surface area contributed by atoms with Gasteiger partial charge in [-0.1, -0.05) is 48.2 Å². The van der Waals surface area contributed by atoms with Crippen LogP contribution < -0.4 is 0 Å². The van der Waals surface area contributed by atoms with Gasteiger partial charge >= 0.3 is 0 Å². The fourth-order valence-corrected chi connectivity index (χ4v) is 2.77. The zero-order chi connectivity index (χ0) is 10.9. The van der Waals surface area contributed by atoms with Crippen molar-refractivity contribution in [3.63, 3.8) is 0 Å². The molecule has 0 aromatic heterocycles. The molecule has 0 saturated heterocycles. The van der Waals surface area contributed by atoms with Gasteiger partial charge in [0.15, 0.2) is 0 Å². The molecule has 78 valence electrons. The second kappa shape index (κ2) is 4.04. The number of benzene rings is 1. The second-order valence-corrected chi connectivity index (χ2v) is 4.79. The van der Waals surface area contributed by atoms with E-state index in [9.17, 15) is 5.26 Å². The first-order chi connectivity index (χ1) is 7.19. The molecule has 0 radical (unpaired) electrons. The molecule has 0 atom stereocenters. The van der Waals surface area contributed by atoms with Gasteiger partial charge in [-0.2, -0.15) is 5.26 Å². The van der Waals surface area contributed by atoms with Crippen molar-refractivity contribution in [3.8, 4) is 6.07 Å². The molecule has 0 N–H and O–H groups in total. The van der Waals surface area contributed by atoms with E-state index in [1.807, 2.05) is 12.1 Å². The van der Waals surface area contributed by atoms with Gasteiger partial charge in [0.25, 0.3) is 0 Å².